The van der Waals surface area contributed by atoms with Gasteiger partial charge in [-0.1, -0.05) is 12.1 Å². The average molecular weight is 227 g/mol. The van der Waals surface area contributed by atoms with Crippen LogP contribution in [0, 0.1) is 11.6 Å². The Labute approximate surface area is 93.9 Å². The SMILES string of the molecule is CN(C)CCC(=O)Cc1cccc(F)c1F. The van der Waals surface area contributed by atoms with Gasteiger partial charge in [-0.15, -0.1) is 0 Å². The summed E-state index contributed by atoms with van der Waals surface area (Å²) in [5.41, 5.74) is 0.128. The number of hydrogen-bond donors (Lipinski definition) is 0. The summed E-state index contributed by atoms with van der Waals surface area (Å²) in [7, 11) is 3.71. The molecule has 0 amide bonds. The van der Waals surface area contributed by atoms with Gasteiger partial charge < -0.3 is 4.90 Å². The second kappa shape index (κ2) is 5.70. The molecule has 0 aliphatic heterocycles. The van der Waals surface area contributed by atoms with Gasteiger partial charge in [-0.25, -0.2) is 8.78 Å². The van der Waals surface area contributed by atoms with Crippen LogP contribution in [-0.2, 0) is 11.2 Å². The van der Waals surface area contributed by atoms with Crippen molar-refractivity contribution in [2.24, 2.45) is 0 Å². The zero-order chi connectivity index (χ0) is 12.1. The highest BCUT2D eigenvalue weighted by atomic mass is 19.2. The summed E-state index contributed by atoms with van der Waals surface area (Å²) in [4.78, 5) is 13.3. The number of hydrogen-bond acceptors (Lipinski definition) is 2. The summed E-state index contributed by atoms with van der Waals surface area (Å²) < 4.78 is 26.1. The third-order valence-electron chi connectivity index (χ3n) is 2.26. The molecule has 4 heteroatoms. The molecule has 2 nitrogen and oxygen atoms in total. The van der Waals surface area contributed by atoms with Crippen molar-refractivity contribution in [1.29, 1.82) is 0 Å². The van der Waals surface area contributed by atoms with Crippen molar-refractivity contribution in [3.8, 4) is 0 Å². The van der Waals surface area contributed by atoms with Crippen molar-refractivity contribution in [1.82, 2.24) is 4.90 Å². The molecule has 0 radical (unpaired) electrons. The molecule has 1 aromatic carbocycles. The predicted molar refractivity (Wildman–Crippen MR) is 58.2 cm³/mol. The van der Waals surface area contributed by atoms with Crippen molar-refractivity contribution >= 4 is 5.78 Å². The number of Topliss-reactive ketones (excluding diaryl/α,β-unsaturated/α-hetero) is 1. The Bertz CT molecular complexity index is 377. The fraction of sp³-hybridized carbons (Fsp3) is 0.417. The molecule has 0 saturated heterocycles. The highest BCUT2D eigenvalue weighted by molar-refractivity contribution is 5.81. The Morgan fingerprint density at radius 2 is 2.00 bits per heavy atom. The summed E-state index contributed by atoms with van der Waals surface area (Å²) >= 11 is 0. The van der Waals surface area contributed by atoms with Crippen LogP contribution in [0.4, 0.5) is 8.78 Å². The van der Waals surface area contributed by atoms with Crippen molar-refractivity contribution in [2.75, 3.05) is 20.6 Å². The van der Waals surface area contributed by atoms with Gasteiger partial charge in [0.1, 0.15) is 5.78 Å². The fourth-order valence-electron chi connectivity index (χ4n) is 1.33. The molecule has 0 saturated carbocycles. The van der Waals surface area contributed by atoms with Gasteiger partial charge in [0, 0.05) is 19.4 Å². The maximum absolute atomic E-state index is 13.2. The first kappa shape index (κ1) is 12.8. The molecular formula is C12H15F2NO. The van der Waals surface area contributed by atoms with Crippen molar-refractivity contribution in [2.45, 2.75) is 12.8 Å². The lowest BCUT2D eigenvalue weighted by Crippen LogP contribution is -2.17. The van der Waals surface area contributed by atoms with Gasteiger partial charge in [-0.2, -0.15) is 0 Å². The zero-order valence-electron chi connectivity index (χ0n) is 9.46. The molecule has 16 heavy (non-hydrogen) atoms. The summed E-state index contributed by atoms with van der Waals surface area (Å²) in [5, 5.41) is 0. The van der Waals surface area contributed by atoms with E-state index < -0.39 is 11.6 Å². The van der Waals surface area contributed by atoms with Gasteiger partial charge in [-0.3, -0.25) is 4.79 Å². The van der Waals surface area contributed by atoms with E-state index in [9.17, 15) is 13.6 Å². The van der Waals surface area contributed by atoms with Gasteiger partial charge in [-0.05, 0) is 25.7 Å². The molecule has 0 heterocycles. The van der Waals surface area contributed by atoms with E-state index in [1.165, 1.54) is 12.1 Å². The van der Waals surface area contributed by atoms with E-state index in [4.69, 9.17) is 0 Å². The third-order valence-corrected chi connectivity index (χ3v) is 2.26. The van der Waals surface area contributed by atoms with Crippen molar-refractivity contribution in [3.63, 3.8) is 0 Å². The van der Waals surface area contributed by atoms with E-state index >= 15 is 0 Å². The lowest BCUT2D eigenvalue weighted by atomic mass is 10.1. The minimum Gasteiger partial charge on any atom is -0.309 e. The summed E-state index contributed by atoms with van der Waals surface area (Å²) in [6, 6.07) is 3.89. The van der Waals surface area contributed by atoms with Gasteiger partial charge in [0.2, 0.25) is 0 Å². The first-order valence-corrected chi connectivity index (χ1v) is 5.10. The van der Waals surface area contributed by atoms with E-state index in [-0.39, 0.29) is 17.8 Å². The van der Waals surface area contributed by atoms with Crippen LogP contribution in [0.3, 0.4) is 0 Å². The second-order valence-corrected chi connectivity index (χ2v) is 3.98. The number of carbonyl (C=O) groups is 1. The number of ketones is 1. The molecule has 0 N–H and O–H groups in total. The van der Waals surface area contributed by atoms with Crippen LogP contribution in [0.5, 0.6) is 0 Å². The summed E-state index contributed by atoms with van der Waals surface area (Å²) in [5.74, 6) is -1.91. The van der Waals surface area contributed by atoms with Gasteiger partial charge in [0.25, 0.3) is 0 Å². The Kier molecular flexibility index (Phi) is 4.55. The van der Waals surface area contributed by atoms with Crippen LogP contribution in [-0.4, -0.2) is 31.3 Å². The van der Waals surface area contributed by atoms with E-state index in [2.05, 4.69) is 0 Å². The fourth-order valence-corrected chi connectivity index (χ4v) is 1.33. The van der Waals surface area contributed by atoms with Gasteiger partial charge >= 0.3 is 0 Å². The smallest absolute Gasteiger partial charge is 0.162 e. The number of carbonyl (C=O) groups excluding carboxylic acids is 1. The second-order valence-electron chi connectivity index (χ2n) is 3.98. The quantitative estimate of drug-likeness (QED) is 0.767. The van der Waals surface area contributed by atoms with Gasteiger partial charge in [0.05, 0.1) is 0 Å². The third kappa shape index (κ3) is 3.70. The Balaban J connectivity index is 2.59. The Hall–Kier alpha value is -1.29. The lowest BCUT2D eigenvalue weighted by Gasteiger charge is -2.08. The van der Waals surface area contributed by atoms with E-state index in [1.807, 2.05) is 19.0 Å². The lowest BCUT2D eigenvalue weighted by molar-refractivity contribution is -0.118. The van der Waals surface area contributed by atoms with Crippen molar-refractivity contribution in [3.05, 3.63) is 35.4 Å². The van der Waals surface area contributed by atoms with Crippen LogP contribution >= 0.6 is 0 Å². The molecule has 1 aromatic rings. The molecular weight excluding hydrogens is 212 g/mol. The summed E-state index contributed by atoms with van der Waals surface area (Å²) in [6.07, 6.45) is 0.306. The minimum atomic E-state index is -0.916. The van der Waals surface area contributed by atoms with Gasteiger partial charge in [0.15, 0.2) is 11.6 Å². The van der Waals surface area contributed by atoms with Crippen LogP contribution in [0.2, 0.25) is 0 Å². The van der Waals surface area contributed by atoms with E-state index in [0.29, 0.717) is 13.0 Å². The molecule has 0 atom stereocenters. The topological polar surface area (TPSA) is 20.3 Å². The largest absolute Gasteiger partial charge is 0.309 e. The number of rotatable bonds is 5. The first-order chi connectivity index (χ1) is 7.50. The standard InChI is InChI=1S/C12H15F2NO/c1-15(2)7-6-10(16)8-9-4-3-5-11(13)12(9)14/h3-5H,6-8H2,1-2H3. The molecule has 0 aliphatic carbocycles. The summed E-state index contributed by atoms with van der Waals surface area (Å²) in [6.45, 7) is 0.621. The monoisotopic (exact) mass is 227 g/mol. The minimum absolute atomic E-state index is 0.0442. The normalized spacial score (nSPS) is 10.8. The van der Waals surface area contributed by atoms with Crippen LogP contribution in [0.15, 0.2) is 18.2 Å². The Morgan fingerprint density at radius 1 is 1.31 bits per heavy atom. The molecule has 0 fully saturated rings. The van der Waals surface area contributed by atoms with E-state index in [1.54, 1.807) is 0 Å². The van der Waals surface area contributed by atoms with E-state index in [0.717, 1.165) is 6.07 Å². The molecule has 1 rings (SSSR count). The van der Waals surface area contributed by atoms with Crippen molar-refractivity contribution < 1.29 is 13.6 Å². The molecule has 0 aromatic heterocycles. The number of halogens is 2. The zero-order valence-corrected chi connectivity index (χ0v) is 9.46. The van der Waals surface area contributed by atoms with Crippen LogP contribution in [0.1, 0.15) is 12.0 Å². The molecule has 0 spiro atoms. The molecule has 0 aliphatic rings. The highest BCUT2D eigenvalue weighted by Crippen LogP contribution is 2.12. The predicted octanol–water partition coefficient (Wildman–Crippen LogP) is 2.03. The number of benzene rings is 1. The molecule has 0 bridgehead atoms. The van der Waals surface area contributed by atoms with Crippen LogP contribution < -0.4 is 0 Å². The molecule has 0 unspecified atom stereocenters. The van der Waals surface area contributed by atoms with Crippen LogP contribution in [0.25, 0.3) is 0 Å². The number of nitrogens with zero attached hydrogens (tertiary/aromatic N) is 1. The Morgan fingerprint density at radius 3 is 2.62 bits per heavy atom. The maximum Gasteiger partial charge on any atom is 0.162 e. The first-order valence-electron chi connectivity index (χ1n) is 5.10. The maximum atomic E-state index is 13.2. The average Bonchev–Trinajstić information content (AvgIpc) is 2.22. The molecule has 88 valence electrons. The highest BCUT2D eigenvalue weighted by Gasteiger charge is 2.11.